The van der Waals surface area contributed by atoms with Crippen LogP contribution in [-0.2, 0) is 117 Å². The number of carbonyl (C=O) groups excluding carboxylic acids is 12. The normalized spacial score (nSPS) is 24.6. The van der Waals surface area contributed by atoms with Crippen molar-refractivity contribution in [1.29, 1.82) is 0 Å². The summed E-state index contributed by atoms with van der Waals surface area (Å²) in [4.78, 5) is 182. The van der Waals surface area contributed by atoms with Gasteiger partial charge in [-0.2, -0.15) is 0 Å². The number of nitrogens with zero attached hydrogens (tertiary/aromatic N) is 5. The Balaban J connectivity index is 1.06. The van der Waals surface area contributed by atoms with Crippen LogP contribution in [0.15, 0.2) is 97.2 Å². The fourth-order valence-corrected chi connectivity index (χ4v) is 14.9. The van der Waals surface area contributed by atoms with Gasteiger partial charge in [0, 0.05) is 108 Å². The molecule has 6 aliphatic rings. The molecule has 616 valence electrons. The summed E-state index contributed by atoms with van der Waals surface area (Å²) in [5.74, 6) is -9.39. The minimum absolute atomic E-state index is 0.0433. The second kappa shape index (κ2) is 40.1. The second-order valence-corrected chi connectivity index (χ2v) is 31.3. The number of likely N-dealkylation sites (N-methyl/N-ethyl adjacent to an activating group) is 1. The van der Waals surface area contributed by atoms with E-state index in [0.717, 1.165) is 22.6 Å². The van der Waals surface area contributed by atoms with E-state index >= 15 is 33.2 Å². The van der Waals surface area contributed by atoms with E-state index in [1.54, 1.807) is 72.6 Å². The number of rotatable bonds is 15. The number of halogens is 1. The number of hydrogen-bond acceptors (Lipinski definition) is 17. The number of fused-ring (bicyclic) bond motifs is 16. The van der Waals surface area contributed by atoms with Gasteiger partial charge in [0.15, 0.2) is 0 Å². The van der Waals surface area contributed by atoms with E-state index < -0.39 is 150 Å². The molecule has 4 aromatic carbocycles. The summed E-state index contributed by atoms with van der Waals surface area (Å²) >= 11 is 0. The Labute approximate surface area is 663 Å². The van der Waals surface area contributed by atoms with Gasteiger partial charge in [-0.05, 0) is 129 Å². The number of benzene rings is 4. The van der Waals surface area contributed by atoms with Gasteiger partial charge in [0.1, 0.15) is 72.6 Å². The van der Waals surface area contributed by atoms with Gasteiger partial charge in [0.25, 0.3) is 0 Å². The minimum Gasteiger partial charge on any atom is -0.497 e. The van der Waals surface area contributed by atoms with Gasteiger partial charge < -0.3 is 95.7 Å². The van der Waals surface area contributed by atoms with Crippen molar-refractivity contribution in [3.05, 3.63) is 136 Å². The molecule has 2 fully saturated rings. The first-order valence-electron chi connectivity index (χ1n) is 39.4. The fraction of sp³-hybridized carbons (Fsp3) is 0.537. The van der Waals surface area contributed by atoms with E-state index in [0.29, 0.717) is 88.6 Å². The van der Waals surface area contributed by atoms with Gasteiger partial charge >= 0.3 is 0 Å². The molecule has 114 heavy (non-hydrogen) atoms. The lowest BCUT2D eigenvalue weighted by Crippen LogP contribution is -2.64. The molecule has 6 aliphatic heterocycles. The van der Waals surface area contributed by atoms with Crippen LogP contribution in [0.1, 0.15) is 112 Å². The average Bonchev–Trinajstić information content (AvgIpc) is 1.60. The molecular formula is C82H110FN14O17+. The summed E-state index contributed by atoms with van der Waals surface area (Å²) in [5, 5.41) is 36.9. The maximum Gasteiger partial charge on any atom is 0.246 e. The average molecular weight is 1580 g/mol. The van der Waals surface area contributed by atoms with Crippen LogP contribution < -0.4 is 52.6 Å². The number of hydrogen-bond donors (Lipinski definition) is 10. The Morgan fingerprint density at radius 2 is 1.40 bits per heavy atom. The molecule has 31 nitrogen and oxygen atoms in total. The van der Waals surface area contributed by atoms with E-state index in [2.05, 4.69) is 47.9 Å². The summed E-state index contributed by atoms with van der Waals surface area (Å²) in [6.07, 6.45) is -0.389. The molecule has 32 heteroatoms. The quantitative estimate of drug-likeness (QED) is 0.0517. The third-order valence-electron chi connectivity index (χ3n) is 21.5. The van der Waals surface area contributed by atoms with Crippen molar-refractivity contribution in [3.63, 3.8) is 0 Å². The highest BCUT2D eigenvalue weighted by Crippen LogP contribution is 2.32. The summed E-state index contributed by atoms with van der Waals surface area (Å²) in [6, 6.07) is 13.7. The van der Waals surface area contributed by atoms with Crippen molar-refractivity contribution in [1.82, 2.24) is 67.1 Å². The number of amides is 12. The lowest BCUT2D eigenvalue weighted by atomic mass is 9.95. The van der Waals surface area contributed by atoms with Crippen molar-refractivity contribution in [2.45, 2.75) is 184 Å². The third-order valence-corrected chi connectivity index (χ3v) is 21.5. The van der Waals surface area contributed by atoms with Crippen molar-refractivity contribution >= 4 is 81.8 Å². The van der Waals surface area contributed by atoms with Gasteiger partial charge in [0.05, 0.1) is 66.9 Å². The summed E-state index contributed by atoms with van der Waals surface area (Å²) in [7, 11) is 7.59. The smallest absolute Gasteiger partial charge is 0.246 e. The predicted molar refractivity (Wildman–Crippen MR) is 416 cm³/mol. The van der Waals surface area contributed by atoms with Crippen LogP contribution in [0.4, 0.5) is 4.39 Å². The Morgan fingerprint density at radius 3 is 2.15 bits per heavy atom. The molecule has 5 aromatic rings. The van der Waals surface area contributed by atoms with E-state index in [-0.39, 0.29) is 110 Å². The highest BCUT2D eigenvalue weighted by atomic mass is 19.1. The SMILES string of the molecule is COc1ccc(C[C@@H]2NC(=O)[C@H]([C@@H](C)O)NC(=O)[C@@H]3[C@@H]4CCN3C(=O)[C@@H]3Cc5cn(c6ccc(F)cc56)CCCCCN(Cc5ccc(cc5)CCNC(=O)[C@]5(C)CCCN5C2=O)C(=O)CCC(=O)N[C@@H](C)C(=O)N[C@H](CNC(=O)CCOCCOCC[N+](C)(C)C)C(=O)NC(Cc2cccc(c2)CNC(=O)CO4)C(=O)N3)cc1. The molecule has 12 bridgehead atoms. The standard InChI is InChI=1S/C82H109FN14O17/c1-51-74(103)91-65(47-86-68(99)29-37-112-39-40-113-38-36-97(4,5)6)76(105)88-62-43-56-13-11-14-57(41-56)46-85-70(101)50-114-67-28-35-95-73(67)78(107)92-72(52(2)98)77(106)90-63(42-54-19-22-60(111-7)23-20-54)80(109)96-34-12-30-82(96,3)81(110)84-31-27-53-15-17-55(18-16-53)48-94(71(102)26-25-69(100)87-51)33-10-8-9-32-93-49-58(44-64(79(95)108)89-75(62)104)61-45-59(83)21-24-66(61)93/h11,13-24,41,45,49,51-52,62-65,67,72-73,98H,8-10,12,25-40,42-44,46-48,50H2,1-7H3,(H8-,84,85,86,87,88,89,90,91,92,99,100,101,103,104,105,106,107,110)/p+1/t51-,52+,62?,63-,64-,65+,67-,72-,73-,82-/m0/s1. The maximum absolute atomic E-state index is 16.3. The number of carbonyl (C=O) groups is 12. The molecule has 11 rings (SSSR count). The zero-order valence-corrected chi connectivity index (χ0v) is 66.1. The number of methoxy groups -OCH3 is 1. The van der Waals surface area contributed by atoms with Crippen molar-refractivity contribution in [2.24, 2.45) is 0 Å². The number of aliphatic hydroxyl groups excluding tert-OH is 1. The van der Waals surface area contributed by atoms with Crippen molar-refractivity contribution in [2.75, 3.05) is 101 Å². The van der Waals surface area contributed by atoms with Gasteiger partial charge in [-0.25, -0.2) is 4.39 Å². The largest absolute Gasteiger partial charge is 0.497 e. The van der Waals surface area contributed by atoms with Crippen LogP contribution in [0.5, 0.6) is 5.75 Å². The summed E-state index contributed by atoms with van der Waals surface area (Å²) in [5.41, 5.74) is 2.63. The molecule has 0 saturated carbocycles. The topological polar surface area (TPSA) is 385 Å². The molecule has 10 atom stereocenters. The lowest BCUT2D eigenvalue weighted by Gasteiger charge is -2.37. The number of quaternary nitrogens is 1. The molecule has 12 amide bonds. The Hall–Kier alpha value is -10.4. The molecule has 10 N–H and O–H groups in total. The molecule has 1 aromatic heterocycles. The Morgan fingerprint density at radius 1 is 0.684 bits per heavy atom. The number of aryl methyl sites for hydroxylation is 1. The maximum atomic E-state index is 16.3. The zero-order chi connectivity index (χ0) is 81.8. The molecule has 0 aliphatic carbocycles. The first kappa shape index (κ1) is 86.0. The number of ether oxygens (including phenoxy) is 4. The van der Waals surface area contributed by atoms with E-state index in [1.807, 2.05) is 50.0 Å². The van der Waals surface area contributed by atoms with Crippen LogP contribution in [0.25, 0.3) is 10.9 Å². The van der Waals surface area contributed by atoms with Gasteiger partial charge in [-0.3, -0.25) is 57.5 Å². The van der Waals surface area contributed by atoms with Crippen LogP contribution >= 0.6 is 0 Å². The fourth-order valence-electron chi connectivity index (χ4n) is 14.9. The monoisotopic (exact) mass is 1580 g/mol. The Bertz CT molecular complexity index is 4270. The number of aliphatic hydroxyl groups is 1. The lowest BCUT2D eigenvalue weighted by molar-refractivity contribution is -0.870. The molecule has 7 heterocycles. The van der Waals surface area contributed by atoms with Crippen LogP contribution in [0.3, 0.4) is 0 Å². The van der Waals surface area contributed by atoms with E-state index in [9.17, 15) is 33.9 Å². The van der Waals surface area contributed by atoms with Crippen molar-refractivity contribution in [3.8, 4) is 5.75 Å². The number of aromatic nitrogens is 1. The van der Waals surface area contributed by atoms with Crippen LogP contribution in [0.2, 0.25) is 0 Å². The summed E-state index contributed by atoms with van der Waals surface area (Å²) in [6.45, 7) is 5.36. The minimum atomic E-state index is -1.86. The molecule has 2 saturated heterocycles. The third kappa shape index (κ3) is 23.6. The predicted octanol–water partition coefficient (Wildman–Crippen LogP) is 1.03. The van der Waals surface area contributed by atoms with Crippen molar-refractivity contribution < 1.29 is 90.5 Å². The Kier molecular flexibility index (Phi) is 30.2. The van der Waals surface area contributed by atoms with Gasteiger partial charge in [-0.15, -0.1) is 0 Å². The number of nitrogens with one attached hydrogen (secondary N) is 9. The van der Waals surface area contributed by atoms with Gasteiger partial charge in [0.2, 0.25) is 70.9 Å². The highest BCUT2D eigenvalue weighted by molar-refractivity contribution is 6.00. The van der Waals surface area contributed by atoms with Gasteiger partial charge in [-0.1, -0.05) is 60.7 Å². The first-order valence-corrected chi connectivity index (χ1v) is 39.4. The zero-order valence-electron chi connectivity index (χ0n) is 66.1. The molecule has 0 spiro atoms. The van der Waals surface area contributed by atoms with E-state index in [1.165, 1.54) is 38.0 Å². The summed E-state index contributed by atoms with van der Waals surface area (Å²) < 4.78 is 41.5. The van der Waals surface area contributed by atoms with Crippen LogP contribution in [0, 0.1) is 5.82 Å². The molecular weight excluding hydrogens is 1470 g/mol. The first-order chi connectivity index (χ1) is 54.5. The van der Waals surface area contributed by atoms with Crippen LogP contribution in [-0.4, -0.2) is 260 Å². The second-order valence-electron chi connectivity index (χ2n) is 31.3. The van der Waals surface area contributed by atoms with E-state index in [4.69, 9.17) is 18.9 Å². The molecule has 1 unspecified atom stereocenters. The molecule has 0 radical (unpaired) electrons. The highest BCUT2D eigenvalue weighted by Gasteiger charge is 2.50.